The topological polar surface area (TPSA) is 58.6 Å². The van der Waals surface area contributed by atoms with E-state index in [1.165, 1.54) is 6.33 Å². The molecule has 23 heavy (non-hydrogen) atoms. The van der Waals surface area contributed by atoms with Crippen LogP contribution in [-0.4, -0.2) is 54.1 Å². The fourth-order valence-electron chi connectivity index (χ4n) is 2.55. The van der Waals surface area contributed by atoms with Crippen LogP contribution in [-0.2, 0) is 11.3 Å². The third-order valence-corrected chi connectivity index (χ3v) is 3.82. The van der Waals surface area contributed by atoms with Crippen LogP contribution in [0, 0.1) is 0 Å². The molecule has 3 rings (SSSR count). The van der Waals surface area contributed by atoms with Crippen LogP contribution < -0.4 is 4.90 Å². The van der Waals surface area contributed by atoms with Crippen molar-refractivity contribution in [1.82, 2.24) is 14.9 Å². The first kappa shape index (κ1) is 15.4. The standard InChI is InChI=1S/C17H20N4O2/c1-20(12-14-5-3-2-4-6-14)17(22)15-11-16(19-13-18-15)21-7-9-23-10-8-21/h2-6,11,13H,7-10,12H2,1H3. The molecule has 0 radical (unpaired) electrons. The van der Waals surface area contributed by atoms with E-state index in [1.54, 1.807) is 18.0 Å². The van der Waals surface area contributed by atoms with E-state index in [-0.39, 0.29) is 5.91 Å². The third-order valence-electron chi connectivity index (χ3n) is 3.82. The predicted molar refractivity (Wildman–Crippen MR) is 87.3 cm³/mol. The van der Waals surface area contributed by atoms with Gasteiger partial charge >= 0.3 is 0 Å². The highest BCUT2D eigenvalue weighted by molar-refractivity contribution is 5.92. The maximum absolute atomic E-state index is 12.6. The number of amides is 1. The summed E-state index contributed by atoms with van der Waals surface area (Å²) in [4.78, 5) is 24.8. The molecule has 1 aliphatic rings. The monoisotopic (exact) mass is 312 g/mol. The van der Waals surface area contributed by atoms with E-state index in [0.29, 0.717) is 25.5 Å². The van der Waals surface area contributed by atoms with Gasteiger partial charge in [0.1, 0.15) is 17.8 Å². The Hall–Kier alpha value is -2.47. The Balaban J connectivity index is 1.71. The Morgan fingerprint density at radius 3 is 2.70 bits per heavy atom. The lowest BCUT2D eigenvalue weighted by Gasteiger charge is -2.28. The van der Waals surface area contributed by atoms with Gasteiger partial charge in [-0.25, -0.2) is 9.97 Å². The van der Waals surface area contributed by atoms with E-state index >= 15 is 0 Å². The molecule has 0 saturated carbocycles. The molecule has 6 heteroatoms. The van der Waals surface area contributed by atoms with Crippen molar-refractivity contribution in [2.75, 3.05) is 38.3 Å². The van der Waals surface area contributed by atoms with Crippen LogP contribution in [0.1, 0.15) is 16.1 Å². The van der Waals surface area contributed by atoms with Gasteiger partial charge in [0.2, 0.25) is 0 Å². The third kappa shape index (κ3) is 3.84. The van der Waals surface area contributed by atoms with Crippen molar-refractivity contribution in [3.8, 4) is 0 Å². The second-order valence-corrected chi connectivity index (χ2v) is 5.51. The Bertz CT molecular complexity index is 657. The van der Waals surface area contributed by atoms with Crippen molar-refractivity contribution in [3.63, 3.8) is 0 Å². The summed E-state index contributed by atoms with van der Waals surface area (Å²) >= 11 is 0. The number of aromatic nitrogens is 2. The molecule has 1 aromatic carbocycles. The summed E-state index contributed by atoms with van der Waals surface area (Å²) in [7, 11) is 1.78. The maximum atomic E-state index is 12.6. The van der Waals surface area contributed by atoms with Crippen LogP contribution >= 0.6 is 0 Å². The van der Waals surface area contributed by atoms with Crippen molar-refractivity contribution in [2.45, 2.75) is 6.54 Å². The van der Waals surface area contributed by atoms with Gasteiger partial charge in [0.25, 0.3) is 5.91 Å². The van der Waals surface area contributed by atoms with Gasteiger partial charge in [-0.15, -0.1) is 0 Å². The number of anilines is 1. The first-order chi connectivity index (χ1) is 11.2. The number of carbonyl (C=O) groups excluding carboxylic acids is 1. The van der Waals surface area contributed by atoms with Crippen LogP contribution in [0.2, 0.25) is 0 Å². The van der Waals surface area contributed by atoms with E-state index in [9.17, 15) is 4.79 Å². The largest absolute Gasteiger partial charge is 0.378 e. The van der Waals surface area contributed by atoms with Crippen molar-refractivity contribution in [1.29, 1.82) is 0 Å². The summed E-state index contributed by atoms with van der Waals surface area (Å²) < 4.78 is 5.34. The van der Waals surface area contributed by atoms with Gasteiger partial charge in [-0.1, -0.05) is 30.3 Å². The minimum absolute atomic E-state index is 0.106. The number of rotatable bonds is 4. The molecule has 1 aromatic heterocycles. The van der Waals surface area contributed by atoms with Gasteiger partial charge in [0, 0.05) is 32.7 Å². The Kier molecular flexibility index (Phi) is 4.83. The second-order valence-electron chi connectivity index (χ2n) is 5.51. The van der Waals surface area contributed by atoms with Crippen molar-refractivity contribution in [3.05, 3.63) is 54.0 Å². The van der Waals surface area contributed by atoms with Crippen LogP contribution in [0.15, 0.2) is 42.7 Å². The maximum Gasteiger partial charge on any atom is 0.272 e. The van der Waals surface area contributed by atoms with Gasteiger partial charge in [-0.3, -0.25) is 4.79 Å². The van der Waals surface area contributed by atoms with E-state index in [1.807, 2.05) is 30.3 Å². The van der Waals surface area contributed by atoms with E-state index in [0.717, 1.165) is 24.5 Å². The molecule has 6 nitrogen and oxygen atoms in total. The summed E-state index contributed by atoms with van der Waals surface area (Å²) in [6.45, 7) is 3.48. The lowest BCUT2D eigenvalue weighted by molar-refractivity contribution is 0.0779. The molecule has 2 aromatic rings. The highest BCUT2D eigenvalue weighted by Crippen LogP contribution is 2.14. The molecule has 0 N–H and O–H groups in total. The number of hydrogen-bond acceptors (Lipinski definition) is 5. The smallest absolute Gasteiger partial charge is 0.272 e. The van der Waals surface area contributed by atoms with Crippen molar-refractivity contribution in [2.24, 2.45) is 0 Å². The summed E-state index contributed by atoms with van der Waals surface area (Å²) in [5.41, 5.74) is 1.51. The lowest BCUT2D eigenvalue weighted by Crippen LogP contribution is -2.37. The number of morpholine rings is 1. The van der Waals surface area contributed by atoms with Crippen LogP contribution in [0.3, 0.4) is 0 Å². The number of hydrogen-bond donors (Lipinski definition) is 0. The molecule has 0 spiro atoms. The minimum Gasteiger partial charge on any atom is -0.378 e. The van der Waals surface area contributed by atoms with Crippen molar-refractivity contribution < 1.29 is 9.53 Å². The Morgan fingerprint density at radius 2 is 1.96 bits per heavy atom. The number of ether oxygens (including phenoxy) is 1. The zero-order valence-corrected chi connectivity index (χ0v) is 13.2. The molecule has 0 aliphatic carbocycles. The lowest BCUT2D eigenvalue weighted by atomic mass is 10.2. The molecule has 1 aliphatic heterocycles. The fraction of sp³-hybridized carbons (Fsp3) is 0.353. The fourth-order valence-corrected chi connectivity index (χ4v) is 2.55. The molecule has 0 unspecified atom stereocenters. The zero-order chi connectivity index (χ0) is 16.1. The van der Waals surface area contributed by atoms with Crippen LogP contribution in [0.25, 0.3) is 0 Å². The molecular weight excluding hydrogens is 292 g/mol. The summed E-state index contributed by atoms with van der Waals surface area (Å²) in [5, 5.41) is 0. The van der Waals surface area contributed by atoms with E-state index < -0.39 is 0 Å². The van der Waals surface area contributed by atoms with E-state index in [4.69, 9.17) is 4.74 Å². The van der Waals surface area contributed by atoms with Crippen LogP contribution in [0.4, 0.5) is 5.82 Å². The van der Waals surface area contributed by atoms with Crippen LogP contribution in [0.5, 0.6) is 0 Å². The molecular formula is C17H20N4O2. The molecule has 0 bridgehead atoms. The molecule has 1 fully saturated rings. The highest BCUT2D eigenvalue weighted by atomic mass is 16.5. The highest BCUT2D eigenvalue weighted by Gasteiger charge is 2.18. The molecule has 2 heterocycles. The minimum atomic E-state index is -0.106. The Morgan fingerprint density at radius 1 is 1.22 bits per heavy atom. The van der Waals surface area contributed by atoms with Gasteiger partial charge in [0.15, 0.2) is 0 Å². The number of nitrogens with zero attached hydrogens (tertiary/aromatic N) is 4. The van der Waals surface area contributed by atoms with Gasteiger partial charge in [-0.05, 0) is 5.56 Å². The summed E-state index contributed by atoms with van der Waals surface area (Å²) in [6.07, 6.45) is 1.45. The number of benzene rings is 1. The zero-order valence-electron chi connectivity index (χ0n) is 13.2. The van der Waals surface area contributed by atoms with Gasteiger partial charge < -0.3 is 14.5 Å². The molecule has 120 valence electrons. The van der Waals surface area contributed by atoms with E-state index in [2.05, 4.69) is 14.9 Å². The quantitative estimate of drug-likeness (QED) is 0.858. The average molecular weight is 312 g/mol. The average Bonchev–Trinajstić information content (AvgIpc) is 2.63. The SMILES string of the molecule is CN(Cc1ccccc1)C(=O)c1cc(N2CCOCC2)ncn1. The van der Waals surface area contributed by atoms with Gasteiger partial charge in [0.05, 0.1) is 13.2 Å². The molecule has 0 atom stereocenters. The normalized spacial score (nSPS) is 14.6. The second kappa shape index (κ2) is 7.19. The predicted octanol–water partition coefficient (Wildman–Crippen LogP) is 1.59. The molecule has 1 saturated heterocycles. The first-order valence-corrected chi connectivity index (χ1v) is 7.68. The Labute approximate surface area is 135 Å². The number of carbonyl (C=O) groups is 1. The first-order valence-electron chi connectivity index (χ1n) is 7.68. The van der Waals surface area contributed by atoms with Crippen molar-refractivity contribution >= 4 is 11.7 Å². The van der Waals surface area contributed by atoms with Gasteiger partial charge in [-0.2, -0.15) is 0 Å². The molecule has 1 amide bonds. The summed E-state index contributed by atoms with van der Waals surface area (Å²) in [5.74, 6) is 0.672. The summed E-state index contributed by atoms with van der Waals surface area (Å²) in [6, 6.07) is 11.7.